The van der Waals surface area contributed by atoms with Gasteiger partial charge in [-0.1, -0.05) is 53.5 Å². The zero-order valence-corrected chi connectivity index (χ0v) is 18.2. The Hall–Kier alpha value is -0.860. The summed E-state index contributed by atoms with van der Waals surface area (Å²) in [4.78, 5) is 18.6. The molecule has 5 nitrogen and oxygen atoms in total. The zero-order valence-electron chi connectivity index (χ0n) is 14.9. The van der Waals surface area contributed by atoms with Crippen LogP contribution in [0.5, 0.6) is 0 Å². The van der Waals surface area contributed by atoms with Gasteiger partial charge in [0.1, 0.15) is 0 Å². The number of halogens is 1. The average molecular weight is 459 g/mol. The number of aryl methyl sites for hydroxylation is 1. The third kappa shape index (κ3) is 4.34. The number of unbranched alkanes of at least 4 members (excludes halogenated alkanes) is 2. The molecule has 0 aliphatic carbocycles. The van der Waals surface area contributed by atoms with Crippen molar-refractivity contribution >= 4 is 54.3 Å². The predicted octanol–water partition coefficient (Wildman–Crippen LogP) is 3.94. The molecule has 0 unspecified atom stereocenters. The maximum Gasteiger partial charge on any atom is 0.248 e. The quantitative estimate of drug-likeness (QED) is 0.624. The number of thioether (sulfide) groups is 1. The van der Waals surface area contributed by atoms with Gasteiger partial charge in [-0.2, -0.15) is 4.99 Å². The van der Waals surface area contributed by atoms with E-state index in [2.05, 4.69) is 27.8 Å². The SMILES string of the molecule is CCCCCC(=O)N=C1S[C@H]2CS(=O)(=O)C[C@H]2N1c1ccc(C)c(Br)c1. The number of aliphatic imine (C=N–C) groups is 1. The minimum Gasteiger partial charge on any atom is -0.316 e. The number of carbonyl (C=O) groups excluding carboxylic acids is 1. The molecular formula is C18H23BrN2O3S2. The molecule has 26 heavy (non-hydrogen) atoms. The molecule has 2 aliphatic rings. The van der Waals surface area contributed by atoms with Crippen LogP contribution in [0.4, 0.5) is 5.69 Å². The van der Waals surface area contributed by atoms with Crippen molar-refractivity contribution in [3.05, 3.63) is 28.2 Å². The second-order valence-electron chi connectivity index (χ2n) is 6.85. The number of sulfone groups is 1. The Labute approximate surface area is 167 Å². The number of nitrogens with zero attached hydrogens (tertiary/aromatic N) is 2. The zero-order chi connectivity index (χ0) is 18.9. The average Bonchev–Trinajstić information content (AvgIpc) is 3.01. The van der Waals surface area contributed by atoms with Gasteiger partial charge in [-0.15, -0.1) is 0 Å². The Balaban J connectivity index is 1.90. The van der Waals surface area contributed by atoms with Crippen molar-refractivity contribution in [1.29, 1.82) is 0 Å². The van der Waals surface area contributed by atoms with Crippen molar-refractivity contribution in [2.75, 3.05) is 16.4 Å². The molecule has 0 spiro atoms. The first-order chi connectivity index (χ1) is 12.3. The smallest absolute Gasteiger partial charge is 0.248 e. The fourth-order valence-corrected chi connectivity index (χ4v) is 7.58. The van der Waals surface area contributed by atoms with Crippen LogP contribution in [-0.2, 0) is 14.6 Å². The molecule has 1 amide bonds. The van der Waals surface area contributed by atoms with Crippen molar-refractivity contribution in [2.45, 2.75) is 50.8 Å². The highest BCUT2D eigenvalue weighted by Gasteiger charge is 2.49. The first kappa shape index (κ1) is 19.9. The Bertz CT molecular complexity index is 839. The molecule has 0 radical (unpaired) electrons. The van der Waals surface area contributed by atoms with Crippen LogP contribution in [0.1, 0.15) is 38.2 Å². The third-order valence-electron chi connectivity index (χ3n) is 4.71. The van der Waals surface area contributed by atoms with E-state index in [4.69, 9.17) is 0 Å². The van der Waals surface area contributed by atoms with E-state index in [0.29, 0.717) is 11.6 Å². The molecule has 0 saturated carbocycles. The molecule has 2 heterocycles. The highest BCUT2D eigenvalue weighted by atomic mass is 79.9. The van der Waals surface area contributed by atoms with Crippen LogP contribution in [0.25, 0.3) is 0 Å². The normalized spacial score (nSPS) is 25.7. The van der Waals surface area contributed by atoms with E-state index in [1.54, 1.807) is 0 Å². The Kier molecular flexibility index (Phi) is 6.14. The van der Waals surface area contributed by atoms with E-state index < -0.39 is 9.84 Å². The second-order valence-corrected chi connectivity index (χ2v) is 11.1. The van der Waals surface area contributed by atoms with Gasteiger partial charge >= 0.3 is 0 Å². The maximum atomic E-state index is 12.3. The number of benzene rings is 1. The molecule has 0 aromatic heterocycles. The lowest BCUT2D eigenvalue weighted by Gasteiger charge is -2.25. The molecule has 0 bridgehead atoms. The highest BCUT2D eigenvalue weighted by Crippen LogP contribution is 2.41. The monoisotopic (exact) mass is 458 g/mol. The predicted molar refractivity (Wildman–Crippen MR) is 112 cm³/mol. The number of rotatable bonds is 5. The summed E-state index contributed by atoms with van der Waals surface area (Å²) in [6.45, 7) is 4.10. The summed E-state index contributed by atoms with van der Waals surface area (Å²) in [6.07, 6.45) is 3.36. The third-order valence-corrected chi connectivity index (χ3v) is 8.78. The van der Waals surface area contributed by atoms with Crippen molar-refractivity contribution < 1.29 is 13.2 Å². The lowest BCUT2D eigenvalue weighted by molar-refractivity contribution is -0.117. The van der Waals surface area contributed by atoms with E-state index in [9.17, 15) is 13.2 Å². The molecule has 1 aromatic carbocycles. The molecule has 3 rings (SSSR count). The van der Waals surface area contributed by atoms with Crippen LogP contribution in [-0.4, -0.2) is 42.3 Å². The molecule has 2 atom stereocenters. The van der Waals surface area contributed by atoms with E-state index in [1.807, 2.05) is 30.0 Å². The number of carbonyl (C=O) groups is 1. The standard InChI is InChI=1S/C18H23BrN2O3S2/c1-3-4-5-6-17(22)20-18-21(13-8-7-12(2)14(19)9-13)15-10-26(23,24)11-16(15)25-18/h7-9,15-16H,3-6,10-11H2,1-2H3/t15-,16+/m1/s1. The van der Waals surface area contributed by atoms with Gasteiger partial charge in [0.05, 0.1) is 17.5 Å². The number of amidine groups is 1. The van der Waals surface area contributed by atoms with Crippen molar-refractivity contribution in [2.24, 2.45) is 4.99 Å². The summed E-state index contributed by atoms with van der Waals surface area (Å²) in [5, 5.41) is 0.564. The summed E-state index contributed by atoms with van der Waals surface area (Å²) in [5.41, 5.74) is 1.98. The van der Waals surface area contributed by atoms with Crippen LogP contribution in [0, 0.1) is 6.92 Å². The fraction of sp³-hybridized carbons (Fsp3) is 0.556. The van der Waals surface area contributed by atoms with Gasteiger partial charge in [0, 0.05) is 21.8 Å². The van der Waals surface area contributed by atoms with Gasteiger partial charge in [-0.05, 0) is 31.0 Å². The summed E-state index contributed by atoms with van der Waals surface area (Å²) in [6, 6.07) is 5.76. The van der Waals surface area contributed by atoms with Gasteiger partial charge in [-0.25, -0.2) is 8.42 Å². The lowest BCUT2D eigenvalue weighted by atomic mass is 10.1. The summed E-state index contributed by atoms with van der Waals surface area (Å²) in [5.74, 6) is 0.133. The van der Waals surface area contributed by atoms with Crippen molar-refractivity contribution in [1.82, 2.24) is 0 Å². The Morgan fingerprint density at radius 1 is 1.35 bits per heavy atom. The number of hydrogen-bond acceptors (Lipinski definition) is 4. The van der Waals surface area contributed by atoms with Crippen LogP contribution >= 0.6 is 27.7 Å². The van der Waals surface area contributed by atoms with Gasteiger partial charge in [0.15, 0.2) is 15.0 Å². The Morgan fingerprint density at radius 2 is 2.12 bits per heavy atom. The van der Waals surface area contributed by atoms with Crippen LogP contribution in [0.2, 0.25) is 0 Å². The topological polar surface area (TPSA) is 66.8 Å². The van der Waals surface area contributed by atoms with Crippen LogP contribution < -0.4 is 4.90 Å². The van der Waals surface area contributed by atoms with Crippen LogP contribution in [0.15, 0.2) is 27.7 Å². The van der Waals surface area contributed by atoms with Gasteiger partial charge in [-0.3, -0.25) is 4.79 Å². The number of anilines is 1. The summed E-state index contributed by atoms with van der Waals surface area (Å²) in [7, 11) is -3.05. The molecular weight excluding hydrogens is 436 g/mol. The highest BCUT2D eigenvalue weighted by molar-refractivity contribution is 9.10. The first-order valence-electron chi connectivity index (χ1n) is 8.84. The van der Waals surface area contributed by atoms with Gasteiger partial charge in [0.2, 0.25) is 5.91 Å². The maximum absolute atomic E-state index is 12.3. The van der Waals surface area contributed by atoms with Crippen molar-refractivity contribution in [3.8, 4) is 0 Å². The molecule has 2 aliphatic heterocycles. The van der Waals surface area contributed by atoms with Gasteiger partial charge < -0.3 is 4.90 Å². The minimum atomic E-state index is -3.05. The second kappa shape index (κ2) is 8.02. The lowest BCUT2D eigenvalue weighted by Crippen LogP contribution is -2.37. The molecule has 1 aromatic rings. The van der Waals surface area contributed by atoms with E-state index in [-0.39, 0.29) is 28.7 Å². The number of fused-ring (bicyclic) bond motifs is 1. The molecule has 2 fully saturated rings. The van der Waals surface area contributed by atoms with Crippen LogP contribution in [0.3, 0.4) is 0 Å². The largest absolute Gasteiger partial charge is 0.316 e. The summed E-state index contributed by atoms with van der Waals surface area (Å²) >= 11 is 4.97. The Morgan fingerprint density at radius 3 is 2.81 bits per heavy atom. The number of amides is 1. The fourth-order valence-electron chi connectivity index (χ4n) is 3.29. The van der Waals surface area contributed by atoms with Gasteiger partial charge in [0.25, 0.3) is 0 Å². The molecule has 2 saturated heterocycles. The van der Waals surface area contributed by atoms with E-state index >= 15 is 0 Å². The first-order valence-corrected chi connectivity index (χ1v) is 12.3. The molecule has 8 heteroatoms. The minimum absolute atomic E-state index is 0.0673. The van der Waals surface area contributed by atoms with E-state index in [1.165, 1.54) is 11.8 Å². The van der Waals surface area contributed by atoms with E-state index in [0.717, 1.165) is 35.0 Å². The molecule has 142 valence electrons. The number of hydrogen-bond donors (Lipinski definition) is 0. The summed E-state index contributed by atoms with van der Waals surface area (Å²) < 4.78 is 25.1. The van der Waals surface area contributed by atoms with Crippen molar-refractivity contribution in [3.63, 3.8) is 0 Å². The molecule has 0 N–H and O–H groups in total.